The number of nitrogens with one attached hydrogen (secondary N) is 1. The van der Waals surface area contributed by atoms with Gasteiger partial charge in [0.2, 0.25) is 0 Å². The van der Waals surface area contributed by atoms with Crippen LogP contribution >= 0.6 is 11.6 Å². The molecule has 0 radical (unpaired) electrons. The summed E-state index contributed by atoms with van der Waals surface area (Å²) in [4.78, 5) is 12.3. The van der Waals surface area contributed by atoms with Crippen LogP contribution in [0.3, 0.4) is 0 Å². The van der Waals surface area contributed by atoms with Gasteiger partial charge in [0.25, 0.3) is 5.91 Å². The number of hydrogen-bond acceptors (Lipinski definition) is 2. The Morgan fingerprint density at radius 2 is 1.88 bits per heavy atom. The van der Waals surface area contributed by atoms with E-state index >= 15 is 0 Å². The quantitative estimate of drug-likeness (QED) is 0.812. The summed E-state index contributed by atoms with van der Waals surface area (Å²) >= 11 is 6.11. The van der Waals surface area contributed by atoms with Gasteiger partial charge in [0.1, 0.15) is 5.75 Å². The molecule has 1 N–H and O–H groups in total. The summed E-state index contributed by atoms with van der Waals surface area (Å²) < 4.78 is 5.92. The van der Waals surface area contributed by atoms with Crippen molar-refractivity contribution in [2.75, 3.05) is 0 Å². The molecular formula is C20H24ClNO2. The lowest BCUT2D eigenvalue weighted by Gasteiger charge is -2.19. The zero-order chi connectivity index (χ0) is 17.7. The molecule has 0 unspecified atom stereocenters. The Balaban J connectivity index is 2.02. The number of rotatable bonds is 6. The molecule has 0 aromatic heterocycles. The molecule has 128 valence electrons. The fraction of sp³-hybridized carbons (Fsp3) is 0.350. The van der Waals surface area contributed by atoms with E-state index in [9.17, 15) is 4.79 Å². The van der Waals surface area contributed by atoms with Gasteiger partial charge in [0.15, 0.2) is 6.10 Å². The highest BCUT2D eigenvalue weighted by molar-refractivity contribution is 6.31. The van der Waals surface area contributed by atoms with Crippen molar-refractivity contribution >= 4 is 17.5 Å². The first-order chi connectivity index (χ1) is 11.4. The summed E-state index contributed by atoms with van der Waals surface area (Å²) in [7, 11) is 0. The lowest BCUT2D eigenvalue weighted by atomic mass is 10.0. The molecule has 3 nitrogen and oxygen atoms in total. The van der Waals surface area contributed by atoms with Crippen LogP contribution in [0.5, 0.6) is 5.75 Å². The van der Waals surface area contributed by atoms with E-state index < -0.39 is 6.10 Å². The predicted octanol–water partition coefficient (Wildman–Crippen LogP) is 4.86. The average molecular weight is 346 g/mol. The molecule has 24 heavy (non-hydrogen) atoms. The maximum Gasteiger partial charge on any atom is 0.261 e. The summed E-state index contributed by atoms with van der Waals surface area (Å²) in [5.41, 5.74) is 3.10. The second kappa shape index (κ2) is 8.20. The van der Waals surface area contributed by atoms with Crippen LogP contribution in [0.25, 0.3) is 0 Å². The van der Waals surface area contributed by atoms with E-state index in [2.05, 4.69) is 31.3 Å². The maximum atomic E-state index is 12.3. The molecule has 0 aliphatic heterocycles. The normalized spacial score (nSPS) is 12.1. The first-order valence-corrected chi connectivity index (χ1v) is 8.54. The smallest absolute Gasteiger partial charge is 0.261 e. The Hall–Kier alpha value is -2.00. The summed E-state index contributed by atoms with van der Waals surface area (Å²) in [5, 5.41) is 3.52. The van der Waals surface area contributed by atoms with Crippen molar-refractivity contribution in [3.63, 3.8) is 0 Å². The van der Waals surface area contributed by atoms with E-state index in [4.69, 9.17) is 16.3 Å². The molecule has 0 saturated heterocycles. The van der Waals surface area contributed by atoms with Crippen molar-refractivity contribution in [3.05, 3.63) is 64.2 Å². The standard InChI is InChI=1S/C20H24ClNO2/c1-13(2)17-10-9-14(3)11-19(17)24-15(4)20(23)22-12-16-7-5-6-8-18(16)21/h5-11,13,15H,12H2,1-4H3,(H,22,23)/t15-/m1/s1. The fourth-order valence-corrected chi connectivity index (χ4v) is 2.63. The Labute approximate surface area is 149 Å². The van der Waals surface area contributed by atoms with Gasteiger partial charge in [-0.3, -0.25) is 4.79 Å². The third-order valence-electron chi connectivity index (χ3n) is 3.87. The fourth-order valence-electron chi connectivity index (χ4n) is 2.43. The van der Waals surface area contributed by atoms with Crippen molar-refractivity contribution in [1.82, 2.24) is 5.32 Å². The van der Waals surface area contributed by atoms with Crippen LogP contribution in [0.1, 0.15) is 43.4 Å². The maximum absolute atomic E-state index is 12.3. The van der Waals surface area contributed by atoms with Gasteiger partial charge in [-0.15, -0.1) is 0 Å². The molecule has 0 heterocycles. The van der Waals surface area contributed by atoms with E-state index in [0.717, 1.165) is 22.4 Å². The van der Waals surface area contributed by atoms with Crippen LogP contribution in [0.2, 0.25) is 5.02 Å². The number of carbonyl (C=O) groups excluding carboxylic acids is 1. The summed E-state index contributed by atoms with van der Waals surface area (Å²) in [6.45, 7) is 8.38. The second-order valence-corrected chi connectivity index (χ2v) is 6.67. The summed E-state index contributed by atoms with van der Waals surface area (Å²) in [6, 6.07) is 13.6. The number of hydrogen-bond donors (Lipinski definition) is 1. The first-order valence-electron chi connectivity index (χ1n) is 8.16. The van der Waals surface area contributed by atoms with Gasteiger partial charge in [0, 0.05) is 11.6 Å². The molecule has 1 atom stereocenters. The highest BCUT2D eigenvalue weighted by Gasteiger charge is 2.17. The Bertz CT molecular complexity index is 713. The zero-order valence-electron chi connectivity index (χ0n) is 14.6. The van der Waals surface area contributed by atoms with Gasteiger partial charge in [-0.25, -0.2) is 0 Å². The third kappa shape index (κ3) is 4.75. The van der Waals surface area contributed by atoms with Crippen molar-refractivity contribution in [2.45, 2.75) is 46.3 Å². The molecule has 0 spiro atoms. The molecule has 0 bridgehead atoms. The Morgan fingerprint density at radius 1 is 1.17 bits per heavy atom. The van der Waals surface area contributed by atoms with Crippen molar-refractivity contribution in [2.24, 2.45) is 0 Å². The molecule has 0 aliphatic carbocycles. The molecule has 0 saturated carbocycles. The highest BCUT2D eigenvalue weighted by Crippen LogP contribution is 2.28. The highest BCUT2D eigenvalue weighted by atomic mass is 35.5. The van der Waals surface area contributed by atoms with Gasteiger partial charge < -0.3 is 10.1 Å². The zero-order valence-corrected chi connectivity index (χ0v) is 15.4. The minimum absolute atomic E-state index is 0.161. The van der Waals surface area contributed by atoms with E-state index in [1.165, 1.54) is 0 Å². The van der Waals surface area contributed by atoms with Crippen LogP contribution in [0, 0.1) is 6.92 Å². The second-order valence-electron chi connectivity index (χ2n) is 6.27. The van der Waals surface area contributed by atoms with Gasteiger partial charge in [-0.1, -0.05) is 55.8 Å². The average Bonchev–Trinajstić information content (AvgIpc) is 2.53. The van der Waals surface area contributed by atoms with Crippen molar-refractivity contribution in [3.8, 4) is 5.75 Å². The van der Waals surface area contributed by atoms with Crippen LogP contribution in [-0.4, -0.2) is 12.0 Å². The number of carbonyl (C=O) groups is 1. The predicted molar refractivity (Wildman–Crippen MR) is 98.7 cm³/mol. The van der Waals surface area contributed by atoms with Crippen LogP contribution in [-0.2, 0) is 11.3 Å². The monoisotopic (exact) mass is 345 g/mol. The summed E-state index contributed by atoms with van der Waals surface area (Å²) in [6.07, 6.45) is -0.577. The van der Waals surface area contributed by atoms with Gasteiger partial charge in [-0.2, -0.15) is 0 Å². The number of amides is 1. The molecule has 2 rings (SSSR count). The van der Waals surface area contributed by atoms with E-state index in [0.29, 0.717) is 17.5 Å². The van der Waals surface area contributed by atoms with Gasteiger partial charge in [-0.05, 0) is 48.6 Å². The van der Waals surface area contributed by atoms with Crippen LogP contribution in [0.4, 0.5) is 0 Å². The first kappa shape index (κ1) is 18.3. The van der Waals surface area contributed by atoms with Gasteiger partial charge in [0.05, 0.1) is 0 Å². The lowest BCUT2D eigenvalue weighted by molar-refractivity contribution is -0.127. The number of aryl methyl sites for hydroxylation is 1. The van der Waals surface area contributed by atoms with Gasteiger partial charge >= 0.3 is 0 Å². The molecule has 1 amide bonds. The molecule has 2 aromatic carbocycles. The SMILES string of the molecule is Cc1ccc(C(C)C)c(O[C@H](C)C(=O)NCc2ccccc2Cl)c1. The third-order valence-corrected chi connectivity index (χ3v) is 4.24. The molecule has 2 aromatic rings. The minimum atomic E-state index is -0.577. The Morgan fingerprint density at radius 3 is 2.54 bits per heavy atom. The topological polar surface area (TPSA) is 38.3 Å². The van der Waals surface area contributed by atoms with Crippen LogP contribution in [0.15, 0.2) is 42.5 Å². The van der Waals surface area contributed by atoms with E-state index in [-0.39, 0.29) is 5.91 Å². The minimum Gasteiger partial charge on any atom is -0.481 e. The number of halogens is 1. The molecule has 0 fully saturated rings. The largest absolute Gasteiger partial charge is 0.481 e. The summed E-state index contributed by atoms with van der Waals surface area (Å²) in [5.74, 6) is 0.940. The van der Waals surface area contributed by atoms with Crippen LogP contribution < -0.4 is 10.1 Å². The van der Waals surface area contributed by atoms with Crippen molar-refractivity contribution in [1.29, 1.82) is 0 Å². The molecule has 4 heteroatoms. The van der Waals surface area contributed by atoms with E-state index in [1.807, 2.05) is 37.3 Å². The molecule has 0 aliphatic rings. The number of benzene rings is 2. The lowest BCUT2D eigenvalue weighted by Crippen LogP contribution is -2.36. The van der Waals surface area contributed by atoms with E-state index in [1.54, 1.807) is 6.92 Å². The molecular weight excluding hydrogens is 322 g/mol. The number of ether oxygens (including phenoxy) is 1. The Kier molecular flexibility index (Phi) is 6.27. The van der Waals surface area contributed by atoms with Crippen molar-refractivity contribution < 1.29 is 9.53 Å².